The quantitative estimate of drug-likeness (QED) is 0.131. The molecule has 0 amide bonds. The van der Waals surface area contributed by atoms with E-state index in [-0.39, 0.29) is 17.3 Å². The molecule has 3 aliphatic rings. The van der Waals surface area contributed by atoms with Crippen LogP contribution in [0.2, 0.25) is 0 Å². The van der Waals surface area contributed by atoms with Crippen molar-refractivity contribution in [1.29, 1.82) is 0 Å². The van der Waals surface area contributed by atoms with Crippen LogP contribution >= 0.6 is 0 Å². The molecule has 0 spiro atoms. The lowest BCUT2D eigenvalue weighted by Crippen LogP contribution is -2.56. The molecule has 0 fully saturated rings. The Morgan fingerprint density at radius 3 is 0.872 bits per heavy atom. The number of ketones is 3. The number of fused-ring (bicyclic) bond motifs is 9. The molecule has 3 aliphatic carbocycles. The summed E-state index contributed by atoms with van der Waals surface area (Å²) in [5.74, 6) is 0.862. The van der Waals surface area contributed by atoms with Crippen molar-refractivity contribution in [2.45, 2.75) is 140 Å². The molecule has 0 unspecified atom stereocenters. The zero-order chi connectivity index (χ0) is 33.3. The lowest BCUT2D eigenvalue weighted by molar-refractivity contribution is -0.124. The van der Waals surface area contributed by atoms with E-state index < -0.39 is 21.7 Å². The highest BCUT2D eigenvalue weighted by Gasteiger charge is 2.83. The summed E-state index contributed by atoms with van der Waals surface area (Å²) in [5.41, 5.74) is 4.53. The summed E-state index contributed by atoms with van der Waals surface area (Å²) >= 11 is 0. The van der Waals surface area contributed by atoms with Gasteiger partial charge in [-0.1, -0.05) is 139 Å². The van der Waals surface area contributed by atoms with Crippen LogP contribution in [0.4, 0.5) is 0 Å². The van der Waals surface area contributed by atoms with Gasteiger partial charge in [-0.15, -0.1) is 0 Å². The molecule has 6 rings (SSSR count). The smallest absolute Gasteiger partial charge is 0.134 e. The highest BCUT2D eigenvalue weighted by atomic mass is 16.1. The van der Waals surface area contributed by atoms with E-state index in [9.17, 15) is 14.4 Å². The Balaban J connectivity index is 1.67. The molecule has 0 aromatic heterocycles. The molecule has 0 heterocycles. The normalized spacial score (nSPS) is 26.0. The minimum atomic E-state index is -0.657. The van der Waals surface area contributed by atoms with Crippen LogP contribution < -0.4 is 0 Å². The molecular formula is C44H54O3. The van der Waals surface area contributed by atoms with Crippen LogP contribution in [-0.4, -0.2) is 17.3 Å². The molecule has 47 heavy (non-hydrogen) atoms. The van der Waals surface area contributed by atoms with Gasteiger partial charge in [0.15, 0.2) is 0 Å². The lowest BCUT2D eigenvalue weighted by Gasteiger charge is -2.53. The molecular weight excluding hydrogens is 576 g/mol. The Labute approximate surface area is 283 Å². The maximum Gasteiger partial charge on any atom is 0.134 e. The maximum absolute atomic E-state index is 14.3. The van der Waals surface area contributed by atoms with Crippen LogP contribution in [0.3, 0.4) is 0 Å². The third-order valence-electron chi connectivity index (χ3n) is 12.7. The van der Waals surface area contributed by atoms with E-state index in [0.29, 0.717) is 38.5 Å². The first-order valence-electron chi connectivity index (χ1n) is 18.6. The van der Waals surface area contributed by atoms with Gasteiger partial charge in [0.05, 0.1) is 0 Å². The van der Waals surface area contributed by atoms with Gasteiger partial charge in [0.2, 0.25) is 0 Å². The monoisotopic (exact) mass is 630 g/mol. The molecule has 3 aromatic carbocycles. The van der Waals surface area contributed by atoms with Crippen molar-refractivity contribution in [3.8, 4) is 0 Å². The molecule has 3 heteroatoms. The first-order valence-corrected chi connectivity index (χ1v) is 18.6. The predicted molar refractivity (Wildman–Crippen MR) is 191 cm³/mol. The molecule has 3 aromatic rings. The van der Waals surface area contributed by atoms with Crippen molar-refractivity contribution in [3.05, 3.63) is 106 Å². The molecule has 0 saturated carbocycles. The summed E-state index contributed by atoms with van der Waals surface area (Å²) in [6, 6.07) is 26.2. The second-order valence-electron chi connectivity index (χ2n) is 15.0. The van der Waals surface area contributed by atoms with Crippen molar-refractivity contribution in [2.75, 3.05) is 0 Å². The standard InChI is InChI=1S/C44H54O3/c1-5-8-11-20-32(45)29-42-35-23-14-16-25-37(35)43(30-33(46)21-12-9-6-2)39-27-18-19-28-40(39)44(41(42,43)4,31-34(47)22-13-10-7-3)38-26-17-15-24-36(38)42/h14-19,23-28H,5-13,20-22,29-31H2,1-4H3. The second kappa shape index (κ2) is 13.3. The maximum atomic E-state index is 14.3. The summed E-state index contributed by atoms with van der Waals surface area (Å²) in [6.07, 6.45) is 11.9. The van der Waals surface area contributed by atoms with Gasteiger partial charge >= 0.3 is 0 Å². The summed E-state index contributed by atoms with van der Waals surface area (Å²) in [7, 11) is 0. The number of hydrogen-bond acceptors (Lipinski definition) is 3. The summed E-state index contributed by atoms with van der Waals surface area (Å²) < 4.78 is 0. The van der Waals surface area contributed by atoms with Gasteiger partial charge in [0.25, 0.3) is 0 Å². The van der Waals surface area contributed by atoms with Gasteiger partial charge in [-0.05, 0) is 52.6 Å². The van der Waals surface area contributed by atoms with Gasteiger partial charge in [0.1, 0.15) is 17.3 Å². The Morgan fingerprint density at radius 2 is 0.660 bits per heavy atom. The Morgan fingerprint density at radius 1 is 0.426 bits per heavy atom. The SMILES string of the molecule is CCCCCC(=O)CC12c3ccccc3C3(CC(=O)CCCCC)c4ccccc4C(CC(=O)CCCCC)(c4ccccc41)C23C. The van der Waals surface area contributed by atoms with Gasteiger partial charge < -0.3 is 0 Å². The number of benzene rings is 3. The fourth-order valence-corrected chi connectivity index (χ4v) is 10.8. The summed E-state index contributed by atoms with van der Waals surface area (Å²) in [5, 5.41) is 0. The molecule has 0 radical (unpaired) electrons. The number of carbonyl (C=O) groups excluding carboxylic acids is 3. The van der Waals surface area contributed by atoms with Crippen LogP contribution in [0, 0.1) is 5.41 Å². The molecule has 248 valence electrons. The van der Waals surface area contributed by atoms with Crippen molar-refractivity contribution < 1.29 is 14.4 Å². The van der Waals surface area contributed by atoms with E-state index in [0.717, 1.165) is 57.8 Å². The van der Waals surface area contributed by atoms with Gasteiger partial charge in [-0.25, -0.2) is 0 Å². The van der Waals surface area contributed by atoms with Gasteiger partial charge in [0, 0.05) is 60.2 Å². The van der Waals surface area contributed by atoms with Crippen LogP contribution in [-0.2, 0) is 30.6 Å². The van der Waals surface area contributed by atoms with Crippen molar-refractivity contribution in [3.63, 3.8) is 0 Å². The average Bonchev–Trinajstić information content (AvgIpc) is 3.48. The zero-order valence-electron chi connectivity index (χ0n) is 29.3. The third-order valence-corrected chi connectivity index (χ3v) is 12.7. The number of Topliss-reactive ketones (excluding diaryl/α,β-unsaturated/α-hetero) is 3. The molecule has 0 atom stereocenters. The minimum Gasteiger partial charge on any atom is -0.300 e. The Kier molecular flexibility index (Phi) is 9.49. The first kappa shape index (κ1) is 33.6. The number of hydrogen-bond donors (Lipinski definition) is 0. The molecule has 3 nitrogen and oxygen atoms in total. The summed E-state index contributed by atoms with van der Waals surface area (Å²) in [4.78, 5) is 43.0. The second-order valence-corrected chi connectivity index (χ2v) is 15.0. The number of rotatable bonds is 18. The molecule has 0 N–H and O–H groups in total. The largest absolute Gasteiger partial charge is 0.300 e. The molecule has 0 aliphatic heterocycles. The highest BCUT2D eigenvalue weighted by molar-refractivity contribution is 5.91. The van der Waals surface area contributed by atoms with E-state index in [1.54, 1.807) is 0 Å². The van der Waals surface area contributed by atoms with Crippen LogP contribution in [0.1, 0.15) is 157 Å². The van der Waals surface area contributed by atoms with Gasteiger partial charge in [-0.3, -0.25) is 14.4 Å². The fraction of sp³-hybridized carbons (Fsp3) is 0.523. The Bertz CT molecular complexity index is 1380. The zero-order valence-corrected chi connectivity index (χ0v) is 29.3. The molecule has 0 bridgehead atoms. The van der Waals surface area contributed by atoms with E-state index in [2.05, 4.69) is 100 Å². The first-order chi connectivity index (χ1) is 22.8. The van der Waals surface area contributed by atoms with Crippen molar-refractivity contribution in [1.82, 2.24) is 0 Å². The fourth-order valence-electron chi connectivity index (χ4n) is 10.8. The predicted octanol–water partition coefficient (Wildman–Crippen LogP) is 10.5. The van der Waals surface area contributed by atoms with E-state index in [1.807, 2.05) is 0 Å². The number of unbranched alkanes of at least 4 members (excludes halogenated alkanes) is 6. The van der Waals surface area contributed by atoms with Crippen LogP contribution in [0.5, 0.6) is 0 Å². The average molecular weight is 631 g/mol. The minimum absolute atomic E-state index is 0.287. The van der Waals surface area contributed by atoms with Crippen molar-refractivity contribution in [2.24, 2.45) is 5.41 Å². The Hall–Kier alpha value is -3.33. The van der Waals surface area contributed by atoms with Gasteiger partial charge in [-0.2, -0.15) is 0 Å². The van der Waals surface area contributed by atoms with Crippen LogP contribution in [0.25, 0.3) is 0 Å². The lowest BCUT2D eigenvalue weighted by atomic mass is 9.47. The summed E-state index contributed by atoms with van der Waals surface area (Å²) in [6.45, 7) is 8.93. The topological polar surface area (TPSA) is 51.2 Å². The van der Waals surface area contributed by atoms with E-state index >= 15 is 0 Å². The van der Waals surface area contributed by atoms with E-state index in [4.69, 9.17) is 0 Å². The third kappa shape index (κ3) is 4.69. The van der Waals surface area contributed by atoms with Crippen molar-refractivity contribution >= 4 is 17.3 Å². The van der Waals surface area contributed by atoms with Crippen LogP contribution in [0.15, 0.2) is 72.8 Å². The highest BCUT2D eigenvalue weighted by Crippen LogP contribution is 2.84. The van der Waals surface area contributed by atoms with E-state index in [1.165, 1.54) is 33.4 Å². The number of carbonyl (C=O) groups is 3. The molecule has 0 saturated heterocycles.